The van der Waals surface area contributed by atoms with Crippen LogP contribution in [0.5, 0.6) is 0 Å². The molecule has 1 fully saturated rings. The number of hydrogen-bond donors (Lipinski definition) is 4. The lowest BCUT2D eigenvalue weighted by Gasteiger charge is -2.35. The van der Waals surface area contributed by atoms with Crippen LogP contribution in [-0.4, -0.2) is 34.8 Å². The lowest BCUT2D eigenvalue weighted by molar-refractivity contribution is -0.0115. The first kappa shape index (κ1) is 15.2. The highest BCUT2D eigenvalue weighted by Crippen LogP contribution is 2.31. The van der Waals surface area contributed by atoms with E-state index in [0.717, 1.165) is 38.6 Å². The quantitative estimate of drug-likeness (QED) is 0.183. The van der Waals surface area contributed by atoms with Gasteiger partial charge in [-0.3, -0.25) is 0 Å². The van der Waals surface area contributed by atoms with E-state index in [1.165, 1.54) is 6.42 Å². The van der Waals surface area contributed by atoms with Crippen molar-refractivity contribution in [3.63, 3.8) is 0 Å². The molecule has 0 aromatic carbocycles. The first-order valence-electron chi connectivity index (χ1n) is 6.95. The number of amidine groups is 1. The predicted octanol–water partition coefficient (Wildman–Crippen LogP) is 1.43. The molecule has 106 valence electrons. The molecule has 0 spiro atoms. The van der Waals surface area contributed by atoms with Crippen LogP contribution >= 0.6 is 0 Å². The normalized spacial score (nSPS) is 29.4. The Hall–Kier alpha value is -0.810. The van der Waals surface area contributed by atoms with E-state index in [1.54, 1.807) is 0 Å². The van der Waals surface area contributed by atoms with E-state index in [4.69, 9.17) is 10.9 Å². The van der Waals surface area contributed by atoms with Gasteiger partial charge < -0.3 is 21.4 Å². The van der Waals surface area contributed by atoms with Crippen LogP contribution in [0, 0.1) is 5.92 Å². The molecule has 0 amide bonds. The minimum atomic E-state index is -0.511. The summed E-state index contributed by atoms with van der Waals surface area (Å²) < 4.78 is 0. The van der Waals surface area contributed by atoms with Gasteiger partial charge in [0.25, 0.3) is 0 Å². The van der Waals surface area contributed by atoms with E-state index < -0.39 is 5.60 Å². The Morgan fingerprint density at radius 2 is 2.28 bits per heavy atom. The second-order valence-electron chi connectivity index (χ2n) is 5.65. The van der Waals surface area contributed by atoms with Crippen molar-refractivity contribution < 1.29 is 10.3 Å². The summed E-state index contributed by atoms with van der Waals surface area (Å²) in [5.74, 6) is 0.917. The van der Waals surface area contributed by atoms with Crippen molar-refractivity contribution in [3.8, 4) is 0 Å². The molecule has 1 saturated carbocycles. The van der Waals surface area contributed by atoms with Gasteiger partial charge in [-0.05, 0) is 38.1 Å². The van der Waals surface area contributed by atoms with Crippen molar-refractivity contribution in [1.29, 1.82) is 0 Å². The molecule has 5 N–H and O–H groups in total. The van der Waals surface area contributed by atoms with Crippen molar-refractivity contribution in [2.75, 3.05) is 13.1 Å². The molecule has 1 aliphatic carbocycles. The Kier molecular flexibility index (Phi) is 6.43. The van der Waals surface area contributed by atoms with Crippen LogP contribution in [0.4, 0.5) is 0 Å². The molecule has 0 aliphatic heterocycles. The second-order valence-corrected chi connectivity index (χ2v) is 5.65. The van der Waals surface area contributed by atoms with E-state index >= 15 is 0 Å². The van der Waals surface area contributed by atoms with Crippen molar-refractivity contribution >= 4 is 5.84 Å². The maximum Gasteiger partial charge on any atom is 0.139 e. The van der Waals surface area contributed by atoms with Gasteiger partial charge in [0.1, 0.15) is 5.84 Å². The van der Waals surface area contributed by atoms with Crippen molar-refractivity contribution in [3.05, 3.63) is 0 Å². The fraction of sp³-hybridized carbons (Fsp3) is 0.923. The van der Waals surface area contributed by atoms with Crippen molar-refractivity contribution in [1.82, 2.24) is 5.32 Å². The lowest BCUT2D eigenvalue weighted by Crippen LogP contribution is -2.44. The molecule has 0 saturated heterocycles. The zero-order valence-electron chi connectivity index (χ0n) is 11.4. The molecular weight excluding hydrogens is 230 g/mol. The Balaban J connectivity index is 2.06. The monoisotopic (exact) mass is 257 g/mol. The number of nitrogens with one attached hydrogen (secondary N) is 1. The maximum absolute atomic E-state index is 10.4. The minimum absolute atomic E-state index is 0.287. The number of rotatable bonds is 7. The number of nitrogens with zero attached hydrogens (tertiary/aromatic N) is 1. The van der Waals surface area contributed by atoms with E-state index in [-0.39, 0.29) is 5.84 Å². The van der Waals surface area contributed by atoms with Crippen LogP contribution in [0.2, 0.25) is 0 Å². The second kappa shape index (κ2) is 7.59. The van der Waals surface area contributed by atoms with Gasteiger partial charge in [-0.1, -0.05) is 24.9 Å². The van der Waals surface area contributed by atoms with Crippen molar-refractivity contribution in [2.24, 2.45) is 16.8 Å². The molecular formula is C13H27N3O2. The Bertz CT molecular complexity index is 271. The summed E-state index contributed by atoms with van der Waals surface area (Å²) in [6, 6.07) is 0. The molecule has 0 radical (unpaired) electrons. The number of aliphatic hydroxyl groups is 1. The summed E-state index contributed by atoms with van der Waals surface area (Å²) in [7, 11) is 0. The molecule has 5 nitrogen and oxygen atoms in total. The summed E-state index contributed by atoms with van der Waals surface area (Å²) >= 11 is 0. The lowest BCUT2D eigenvalue weighted by atomic mass is 9.79. The average molecular weight is 257 g/mol. The van der Waals surface area contributed by atoms with Gasteiger partial charge >= 0.3 is 0 Å². The zero-order valence-corrected chi connectivity index (χ0v) is 11.4. The molecule has 1 rings (SSSR count). The Morgan fingerprint density at radius 1 is 1.50 bits per heavy atom. The summed E-state index contributed by atoms with van der Waals surface area (Å²) in [6.45, 7) is 3.76. The smallest absolute Gasteiger partial charge is 0.139 e. The zero-order chi connectivity index (χ0) is 13.4. The van der Waals surface area contributed by atoms with Gasteiger partial charge in [0, 0.05) is 13.0 Å². The molecule has 2 atom stereocenters. The number of hydrogen-bond acceptors (Lipinski definition) is 4. The average Bonchev–Trinajstić information content (AvgIpc) is 2.32. The molecule has 0 heterocycles. The molecule has 2 unspecified atom stereocenters. The van der Waals surface area contributed by atoms with Gasteiger partial charge in [-0.25, -0.2) is 0 Å². The predicted molar refractivity (Wildman–Crippen MR) is 72.7 cm³/mol. The van der Waals surface area contributed by atoms with Gasteiger partial charge in [-0.15, -0.1) is 0 Å². The van der Waals surface area contributed by atoms with Crippen LogP contribution < -0.4 is 11.1 Å². The van der Waals surface area contributed by atoms with E-state index in [2.05, 4.69) is 17.4 Å². The first-order chi connectivity index (χ1) is 8.56. The summed E-state index contributed by atoms with van der Waals surface area (Å²) in [4.78, 5) is 0. The van der Waals surface area contributed by atoms with E-state index in [1.807, 2.05) is 0 Å². The summed E-state index contributed by atoms with van der Waals surface area (Å²) in [6.07, 6.45) is 6.68. The van der Waals surface area contributed by atoms with E-state index in [0.29, 0.717) is 18.9 Å². The van der Waals surface area contributed by atoms with Crippen LogP contribution in [0.3, 0.4) is 0 Å². The molecule has 0 aromatic heterocycles. The van der Waals surface area contributed by atoms with Gasteiger partial charge in [0.15, 0.2) is 0 Å². The van der Waals surface area contributed by atoms with E-state index in [9.17, 15) is 5.11 Å². The molecule has 0 bridgehead atoms. The highest BCUT2D eigenvalue weighted by Gasteiger charge is 2.31. The molecule has 5 heteroatoms. The number of unbranched alkanes of at least 4 members (excludes halogenated alkanes) is 1. The maximum atomic E-state index is 10.4. The minimum Gasteiger partial charge on any atom is -0.409 e. The van der Waals surface area contributed by atoms with Gasteiger partial charge in [-0.2, -0.15) is 0 Å². The highest BCUT2D eigenvalue weighted by molar-refractivity contribution is 5.79. The number of oxime groups is 1. The van der Waals surface area contributed by atoms with Crippen LogP contribution in [0.15, 0.2) is 5.16 Å². The van der Waals surface area contributed by atoms with Crippen LogP contribution in [-0.2, 0) is 0 Å². The highest BCUT2D eigenvalue weighted by atomic mass is 16.4. The topological polar surface area (TPSA) is 90.9 Å². The SMILES string of the molecule is CC1CCCC(O)(CNCCCCC(N)=NO)C1. The van der Waals surface area contributed by atoms with Gasteiger partial charge in [0.2, 0.25) is 0 Å². The van der Waals surface area contributed by atoms with Gasteiger partial charge in [0.05, 0.1) is 5.60 Å². The number of nitrogens with two attached hydrogens (primary N) is 1. The standard InChI is InChI=1S/C13H27N3O2/c1-11-5-4-7-13(17,9-11)10-15-8-3-2-6-12(14)16-18/h11,15,17-18H,2-10H2,1H3,(H2,14,16). The molecule has 18 heavy (non-hydrogen) atoms. The van der Waals surface area contributed by atoms with Crippen LogP contribution in [0.1, 0.15) is 51.9 Å². The largest absolute Gasteiger partial charge is 0.409 e. The fourth-order valence-electron chi connectivity index (χ4n) is 2.72. The Morgan fingerprint density at radius 3 is 2.94 bits per heavy atom. The molecule has 0 aromatic rings. The third-order valence-corrected chi connectivity index (χ3v) is 3.69. The van der Waals surface area contributed by atoms with Crippen LogP contribution in [0.25, 0.3) is 0 Å². The Labute approximate surface area is 109 Å². The molecule has 1 aliphatic rings. The fourth-order valence-corrected chi connectivity index (χ4v) is 2.72. The first-order valence-corrected chi connectivity index (χ1v) is 6.95. The summed E-state index contributed by atoms with van der Waals surface area (Å²) in [5, 5.41) is 25.0. The van der Waals surface area contributed by atoms with Crippen molar-refractivity contribution in [2.45, 2.75) is 57.5 Å². The summed E-state index contributed by atoms with van der Waals surface area (Å²) in [5.41, 5.74) is 4.87. The third kappa shape index (κ3) is 5.69. The third-order valence-electron chi connectivity index (χ3n) is 3.69.